The van der Waals surface area contributed by atoms with Gasteiger partial charge >= 0.3 is 0 Å². The molecule has 1 fully saturated rings. The Labute approximate surface area is 95.0 Å². The SMILES string of the molecule is Cc1noc(C)c1CN1CCOCC1CO. The van der Waals surface area contributed by atoms with E-state index >= 15 is 0 Å². The summed E-state index contributed by atoms with van der Waals surface area (Å²) >= 11 is 0. The van der Waals surface area contributed by atoms with E-state index in [0.717, 1.165) is 36.7 Å². The van der Waals surface area contributed by atoms with Crippen LogP contribution in [0, 0.1) is 13.8 Å². The Balaban J connectivity index is 2.07. The highest BCUT2D eigenvalue weighted by Gasteiger charge is 2.24. The van der Waals surface area contributed by atoms with Gasteiger partial charge in [-0.2, -0.15) is 0 Å². The highest BCUT2D eigenvalue weighted by molar-refractivity contribution is 5.20. The van der Waals surface area contributed by atoms with Gasteiger partial charge in [-0.05, 0) is 13.8 Å². The van der Waals surface area contributed by atoms with Crippen LogP contribution in [0.1, 0.15) is 17.0 Å². The van der Waals surface area contributed by atoms with E-state index in [2.05, 4.69) is 10.1 Å². The molecule has 1 atom stereocenters. The van der Waals surface area contributed by atoms with Gasteiger partial charge in [-0.3, -0.25) is 4.90 Å². The molecule has 1 aliphatic heterocycles. The fraction of sp³-hybridized carbons (Fsp3) is 0.727. The predicted molar refractivity (Wildman–Crippen MR) is 58.1 cm³/mol. The molecule has 1 aliphatic rings. The smallest absolute Gasteiger partial charge is 0.138 e. The molecule has 90 valence electrons. The standard InChI is InChI=1S/C11H18N2O3/c1-8-11(9(2)16-12-8)5-13-3-4-15-7-10(13)6-14/h10,14H,3-7H2,1-2H3. The number of hydrogen-bond acceptors (Lipinski definition) is 5. The molecule has 2 rings (SSSR count). The highest BCUT2D eigenvalue weighted by atomic mass is 16.5. The molecule has 5 heteroatoms. The normalized spacial score (nSPS) is 22.6. The summed E-state index contributed by atoms with van der Waals surface area (Å²) in [6.07, 6.45) is 0. The van der Waals surface area contributed by atoms with E-state index in [4.69, 9.17) is 9.26 Å². The van der Waals surface area contributed by atoms with Crippen LogP contribution in [0.15, 0.2) is 4.52 Å². The Kier molecular flexibility index (Phi) is 3.58. The molecular formula is C11H18N2O3. The monoisotopic (exact) mass is 226 g/mol. The van der Waals surface area contributed by atoms with Gasteiger partial charge in [0.2, 0.25) is 0 Å². The fourth-order valence-corrected chi connectivity index (χ4v) is 2.00. The minimum absolute atomic E-state index is 0.0856. The van der Waals surface area contributed by atoms with Gasteiger partial charge in [-0.15, -0.1) is 0 Å². The van der Waals surface area contributed by atoms with Crippen molar-refractivity contribution in [1.82, 2.24) is 10.1 Å². The van der Waals surface area contributed by atoms with Crippen LogP contribution in [0.4, 0.5) is 0 Å². The molecule has 1 saturated heterocycles. The highest BCUT2D eigenvalue weighted by Crippen LogP contribution is 2.18. The van der Waals surface area contributed by atoms with E-state index in [0.29, 0.717) is 6.61 Å². The first-order valence-corrected chi connectivity index (χ1v) is 5.56. The van der Waals surface area contributed by atoms with Gasteiger partial charge in [0.1, 0.15) is 5.76 Å². The van der Waals surface area contributed by atoms with Gasteiger partial charge in [0, 0.05) is 18.7 Å². The van der Waals surface area contributed by atoms with Crippen molar-refractivity contribution in [1.29, 1.82) is 0 Å². The van der Waals surface area contributed by atoms with E-state index in [1.165, 1.54) is 0 Å². The maximum Gasteiger partial charge on any atom is 0.138 e. The zero-order valence-electron chi connectivity index (χ0n) is 9.77. The second kappa shape index (κ2) is 4.95. The van der Waals surface area contributed by atoms with Crippen molar-refractivity contribution in [3.05, 3.63) is 17.0 Å². The summed E-state index contributed by atoms with van der Waals surface area (Å²) in [7, 11) is 0. The van der Waals surface area contributed by atoms with Crippen LogP contribution in [0.2, 0.25) is 0 Å². The van der Waals surface area contributed by atoms with Gasteiger partial charge < -0.3 is 14.4 Å². The summed E-state index contributed by atoms with van der Waals surface area (Å²) in [6.45, 7) is 6.93. The van der Waals surface area contributed by atoms with Crippen LogP contribution in [-0.4, -0.2) is 47.6 Å². The molecule has 0 aliphatic carbocycles. The average molecular weight is 226 g/mol. The van der Waals surface area contributed by atoms with E-state index in [1.54, 1.807) is 0 Å². The number of aromatic nitrogens is 1. The van der Waals surface area contributed by atoms with E-state index < -0.39 is 0 Å². The number of morpholine rings is 1. The first kappa shape index (κ1) is 11.6. The van der Waals surface area contributed by atoms with Gasteiger partial charge in [0.15, 0.2) is 0 Å². The Morgan fingerprint density at radius 1 is 1.50 bits per heavy atom. The van der Waals surface area contributed by atoms with Crippen molar-refractivity contribution in [2.24, 2.45) is 0 Å². The number of hydrogen-bond donors (Lipinski definition) is 1. The molecule has 2 heterocycles. The first-order valence-electron chi connectivity index (χ1n) is 5.56. The zero-order chi connectivity index (χ0) is 11.5. The Morgan fingerprint density at radius 3 is 2.94 bits per heavy atom. The molecule has 0 spiro atoms. The summed E-state index contributed by atoms with van der Waals surface area (Å²) < 4.78 is 10.5. The minimum atomic E-state index is 0.0856. The van der Waals surface area contributed by atoms with Gasteiger partial charge in [0.25, 0.3) is 0 Å². The summed E-state index contributed by atoms with van der Waals surface area (Å²) in [6, 6.07) is 0.0856. The topological polar surface area (TPSA) is 58.7 Å². The second-order valence-corrected chi connectivity index (χ2v) is 4.18. The van der Waals surface area contributed by atoms with Crippen LogP contribution in [0.5, 0.6) is 0 Å². The van der Waals surface area contributed by atoms with Gasteiger partial charge in [-0.25, -0.2) is 0 Å². The number of aryl methyl sites for hydroxylation is 2. The molecule has 16 heavy (non-hydrogen) atoms. The zero-order valence-corrected chi connectivity index (χ0v) is 9.77. The summed E-state index contributed by atoms with van der Waals surface area (Å²) in [4.78, 5) is 2.22. The molecule has 1 aromatic rings. The molecule has 1 N–H and O–H groups in total. The van der Waals surface area contributed by atoms with Crippen LogP contribution in [-0.2, 0) is 11.3 Å². The van der Waals surface area contributed by atoms with Crippen LogP contribution in [0.3, 0.4) is 0 Å². The van der Waals surface area contributed by atoms with Crippen molar-refractivity contribution in [3.63, 3.8) is 0 Å². The lowest BCUT2D eigenvalue weighted by molar-refractivity contribution is -0.0314. The number of ether oxygens (including phenoxy) is 1. The summed E-state index contributed by atoms with van der Waals surface area (Å²) in [5.41, 5.74) is 2.06. The maximum atomic E-state index is 9.27. The number of rotatable bonds is 3. The lowest BCUT2D eigenvalue weighted by Crippen LogP contribution is -2.46. The minimum Gasteiger partial charge on any atom is -0.395 e. The third kappa shape index (κ3) is 2.26. The third-order valence-electron chi connectivity index (χ3n) is 3.10. The van der Waals surface area contributed by atoms with Crippen molar-refractivity contribution in [3.8, 4) is 0 Å². The van der Waals surface area contributed by atoms with Gasteiger partial charge in [-0.1, -0.05) is 5.16 Å². The molecule has 0 amide bonds. The number of nitrogens with zero attached hydrogens (tertiary/aromatic N) is 2. The van der Waals surface area contributed by atoms with Crippen molar-refractivity contribution >= 4 is 0 Å². The molecule has 0 saturated carbocycles. The predicted octanol–water partition coefficient (Wildman–Crippen LogP) is 0.485. The van der Waals surface area contributed by atoms with Crippen molar-refractivity contribution < 1.29 is 14.4 Å². The largest absolute Gasteiger partial charge is 0.395 e. The fourth-order valence-electron chi connectivity index (χ4n) is 2.00. The molecule has 0 aromatic carbocycles. The molecular weight excluding hydrogens is 208 g/mol. The Bertz CT molecular complexity index is 331. The molecule has 1 aromatic heterocycles. The van der Waals surface area contributed by atoms with Crippen LogP contribution < -0.4 is 0 Å². The lowest BCUT2D eigenvalue weighted by atomic mass is 10.1. The Hall–Kier alpha value is -0.910. The number of aliphatic hydroxyl groups is 1. The van der Waals surface area contributed by atoms with Crippen LogP contribution in [0.25, 0.3) is 0 Å². The Morgan fingerprint density at radius 2 is 2.31 bits per heavy atom. The second-order valence-electron chi connectivity index (χ2n) is 4.18. The van der Waals surface area contributed by atoms with E-state index in [1.807, 2.05) is 13.8 Å². The molecule has 5 nitrogen and oxygen atoms in total. The summed E-state index contributed by atoms with van der Waals surface area (Å²) in [5, 5.41) is 13.2. The van der Waals surface area contributed by atoms with Gasteiger partial charge in [0.05, 0.1) is 31.6 Å². The average Bonchev–Trinajstić information content (AvgIpc) is 2.61. The van der Waals surface area contributed by atoms with Crippen LogP contribution >= 0.6 is 0 Å². The lowest BCUT2D eigenvalue weighted by Gasteiger charge is -2.34. The molecule has 0 radical (unpaired) electrons. The molecule has 1 unspecified atom stereocenters. The van der Waals surface area contributed by atoms with Crippen molar-refractivity contribution in [2.45, 2.75) is 26.4 Å². The summed E-state index contributed by atoms with van der Waals surface area (Å²) in [5.74, 6) is 0.862. The van der Waals surface area contributed by atoms with E-state index in [-0.39, 0.29) is 12.6 Å². The quantitative estimate of drug-likeness (QED) is 0.812. The third-order valence-corrected chi connectivity index (χ3v) is 3.10. The molecule has 0 bridgehead atoms. The maximum absolute atomic E-state index is 9.27. The van der Waals surface area contributed by atoms with Crippen molar-refractivity contribution in [2.75, 3.05) is 26.4 Å². The first-order chi connectivity index (χ1) is 7.72. The van der Waals surface area contributed by atoms with E-state index in [9.17, 15) is 5.11 Å². The number of aliphatic hydroxyl groups excluding tert-OH is 1.